The van der Waals surface area contributed by atoms with Gasteiger partial charge in [0.05, 0.1) is 24.2 Å². The van der Waals surface area contributed by atoms with Crippen molar-refractivity contribution < 1.29 is 13.2 Å². The van der Waals surface area contributed by atoms with Crippen LogP contribution in [0.5, 0.6) is 0 Å². The standard InChI is InChI=1S/C19H26N2O3S2/c1-2-4-16-6-8-17(9-7-16)26(22,23)20-15-18(19-5-3-14-25-19)21-10-12-24-13-11-21/h3,5-9,14,18,20H,2,4,10-13,15H2,1H3. The molecular weight excluding hydrogens is 368 g/mol. The van der Waals surface area contributed by atoms with Crippen LogP contribution < -0.4 is 4.72 Å². The van der Waals surface area contributed by atoms with Crippen LogP contribution in [0.4, 0.5) is 0 Å². The first-order chi connectivity index (χ1) is 12.6. The summed E-state index contributed by atoms with van der Waals surface area (Å²) in [5, 5.41) is 2.03. The molecule has 2 heterocycles. The van der Waals surface area contributed by atoms with Gasteiger partial charge in [0.25, 0.3) is 0 Å². The van der Waals surface area contributed by atoms with Crippen molar-refractivity contribution in [2.45, 2.75) is 30.7 Å². The minimum Gasteiger partial charge on any atom is -0.379 e. The van der Waals surface area contributed by atoms with E-state index in [9.17, 15) is 8.42 Å². The second kappa shape index (κ2) is 9.10. The Morgan fingerprint density at radius 1 is 1.19 bits per heavy atom. The van der Waals surface area contributed by atoms with Gasteiger partial charge in [0.2, 0.25) is 10.0 Å². The molecular formula is C19H26N2O3S2. The third kappa shape index (κ3) is 4.92. The molecule has 1 atom stereocenters. The molecule has 2 aromatic rings. The molecule has 0 radical (unpaired) electrons. The number of nitrogens with zero attached hydrogens (tertiary/aromatic N) is 1. The molecule has 3 rings (SSSR count). The Bertz CT molecular complexity index is 768. The van der Waals surface area contributed by atoms with Gasteiger partial charge in [-0.1, -0.05) is 31.5 Å². The lowest BCUT2D eigenvalue weighted by Gasteiger charge is -2.34. The van der Waals surface area contributed by atoms with E-state index in [-0.39, 0.29) is 6.04 Å². The van der Waals surface area contributed by atoms with E-state index in [1.807, 2.05) is 23.6 Å². The van der Waals surface area contributed by atoms with Gasteiger partial charge >= 0.3 is 0 Å². The molecule has 0 bridgehead atoms. The van der Waals surface area contributed by atoms with E-state index in [0.29, 0.717) is 24.7 Å². The molecule has 0 amide bonds. The molecule has 1 aliphatic heterocycles. The van der Waals surface area contributed by atoms with Crippen LogP contribution in [0.1, 0.15) is 29.8 Å². The van der Waals surface area contributed by atoms with Crippen LogP contribution >= 0.6 is 11.3 Å². The molecule has 1 aliphatic rings. The number of ether oxygens (including phenoxy) is 1. The fourth-order valence-corrected chi connectivity index (χ4v) is 5.07. The fourth-order valence-electron chi connectivity index (χ4n) is 3.18. The van der Waals surface area contributed by atoms with E-state index in [1.165, 1.54) is 4.88 Å². The van der Waals surface area contributed by atoms with Crippen molar-refractivity contribution in [2.75, 3.05) is 32.8 Å². The van der Waals surface area contributed by atoms with Gasteiger partial charge in [0.1, 0.15) is 0 Å². The maximum absolute atomic E-state index is 12.7. The predicted octanol–water partition coefficient (Wildman–Crippen LogP) is 3.05. The molecule has 1 aromatic carbocycles. The molecule has 0 aliphatic carbocycles. The molecule has 5 nitrogen and oxygen atoms in total. The van der Waals surface area contributed by atoms with Crippen molar-refractivity contribution in [3.63, 3.8) is 0 Å². The minimum atomic E-state index is -3.52. The summed E-state index contributed by atoms with van der Waals surface area (Å²) in [6, 6.07) is 11.3. The first-order valence-electron chi connectivity index (χ1n) is 9.04. The summed E-state index contributed by atoms with van der Waals surface area (Å²) in [6.07, 6.45) is 2.01. The number of thiophene rings is 1. The summed E-state index contributed by atoms with van der Waals surface area (Å²) >= 11 is 1.66. The highest BCUT2D eigenvalue weighted by Crippen LogP contribution is 2.26. The van der Waals surface area contributed by atoms with Crippen LogP contribution in [0.25, 0.3) is 0 Å². The molecule has 0 spiro atoms. The normalized spacial score (nSPS) is 17.3. The molecule has 1 aromatic heterocycles. The molecule has 26 heavy (non-hydrogen) atoms. The molecule has 7 heteroatoms. The van der Waals surface area contributed by atoms with Crippen LogP contribution in [0.3, 0.4) is 0 Å². The number of hydrogen-bond donors (Lipinski definition) is 1. The van der Waals surface area contributed by atoms with E-state index >= 15 is 0 Å². The zero-order valence-corrected chi connectivity index (χ0v) is 16.7. The van der Waals surface area contributed by atoms with Crippen LogP contribution in [0.2, 0.25) is 0 Å². The summed E-state index contributed by atoms with van der Waals surface area (Å²) in [7, 11) is -3.52. The SMILES string of the molecule is CCCc1ccc(S(=O)(=O)NCC(c2cccs2)N2CCOCC2)cc1. The lowest BCUT2D eigenvalue weighted by molar-refractivity contribution is 0.0179. The third-order valence-electron chi connectivity index (χ3n) is 4.60. The molecule has 1 saturated heterocycles. The Hall–Kier alpha value is -1.25. The molecule has 1 unspecified atom stereocenters. The van der Waals surface area contributed by atoms with E-state index in [2.05, 4.69) is 22.6 Å². The Morgan fingerprint density at radius 3 is 2.54 bits per heavy atom. The first-order valence-corrected chi connectivity index (χ1v) is 11.4. The van der Waals surface area contributed by atoms with Gasteiger partial charge in [0, 0.05) is 24.5 Å². The molecule has 1 N–H and O–H groups in total. The van der Waals surface area contributed by atoms with Crippen molar-refractivity contribution >= 4 is 21.4 Å². The number of morpholine rings is 1. The van der Waals surface area contributed by atoms with Gasteiger partial charge in [-0.2, -0.15) is 0 Å². The second-order valence-electron chi connectivity index (χ2n) is 6.43. The highest BCUT2D eigenvalue weighted by atomic mass is 32.2. The Balaban J connectivity index is 1.70. The summed E-state index contributed by atoms with van der Waals surface area (Å²) in [5.41, 5.74) is 1.16. The second-order valence-corrected chi connectivity index (χ2v) is 9.17. The lowest BCUT2D eigenvalue weighted by atomic mass is 10.1. The van der Waals surface area contributed by atoms with Gasteiger partial charge in [-0.05, 0) is 35.6 Å². The van der Waals surface area contributed by atoms with Crippen LogP contribution in [0, 0.1) is 0 Å². The third-order valence-corrected chi connectivity index (χ3v) is 7.01. The van der Waals surface area contributed by atoms with Gasteiger partial charge in [-0.3, -0.25) is 4.90 Å². The zero-order chi connectivity index (χ0) is 18.4. The lowest BCUT2D eigenvalue weighted by Crippen LogP contribution is -2.43. The average Bonchev–Trinajstić information content (AvgIpc) is 3.18. The largest absolute Gasteiger partial charge is 0.379 e. The van der Waals surface area contributed by atoms with E-state index in [1.54, 1.807) is 23.5 Å². The number of benzene rings is 1. The summed E-state index contributed by atoms with van der Waals surface area (Å²) in [6.45, 7) is 5.48. The van der Waals surface area contributed by atoms with Gasteiger partial charge < -0.3 is 4.74 Å². The number of nitrogens with one attached hydrogen (secondary N) is 1. The molecule has 0 saturated carbocycles. The Labute approximate surface area is 160 Å². The van der Waals surface area contributed by atoms with Crippen molar-refractivity contribution in [1.82, 2.24) is 9.62 Å². The summed E-state index contributed by atoms with van der Waals surface area (Å²) in [5.74, 6) is 0. The topological polar surface area (TPSA) is 58.6 Å². The number of sulfonamides is 1. The first kappa shape index (κ1) is 19.5. The number of rotatable bonds is 8. The smallest absolute Gasteiger partial charge is 0.240 e. The summed E-state index contributed by atoms with van der Waals surface area (Å²) in [4.78, 5) is 3.79. The fraction of sp³-hybridized carbons (Fsp3) is 0.474. The molecule has 142 valence electrons. The number of aryl methyl sites for hydroxylation is 1. The van der Waals surface area contributed by atoms with E-state index in [0.717, 1.165) is 31.5 Å². The quantitative estimate of drug-likeness (QED) is 0.748. The van der Waals surface area contributed by atoms with Crippen LogP contribution in [-0.2, 0) is 21.2 Å². The van der Waals surface area contributed by atoms with Crippen LogP contribution in [-0.4, -0.2) is 46.2 Å². The monoisotopic (exact) mass is 394 g/mol. The van der Waals surface area contributed by atoms with Gasteiger partial charge in [0.15, 0.2) is 0 Å². The number of hydrogen-bond acceptors (Lipinski definition) is 5. The maximum Gasteiger partial charge on any atom is 0.240 e. The summed E-state index contributed by atoms with van der Waals surface area (Å²) < 4.78 is 33.7. The van der Waals surface area contributed by atoms with E-state index in [4.69, 9.17) is 4.74 Å². The average molecular weight is 395 g/mol. The van der Waals surface area contributed by atoms with Crippen LogP contribution in [0.15, 0.2) is 46.7 Å². The molecule has 1 fully saturated rings. The van der Waals surface area contributed by atoms with Crippen molar-refractivity contribution in [3.05, 3.63) is 52.2 Å². The minimum absolute atomic E-state index is 0.0352. The van der Waals surface area contributed by atoms with Crippen molar-refractivity contribution in [3.8, 4) is 0 Å². The Morgan fingerprint density at radius 2 is 1.92 bits per heavy atom. The highest BCUT2D eigenvalue weighted by molar-refractivity contribution is 7.89. The Kier molecular flexibility index (Phi) is 6.83. The highest BCUT2D eigenvalue weighted by Gasteiger charge is 2.25. The van der Waals surface area contributed by atoms with Crippen molar-refractivity contribution in [1.29, 1.82) is 0 Å². The van der Waals surface area contributed by atoms with Crippen molar-refractivity contribution in [2.24, 2.45) is 0 Å². The predicted molar refractivity (Wildman–Crippen MR) is 105 cm³/mol. The maximum atomic E-state index is 12.7. The van der Waals surface area contributed by atoms with Gasteiger partial charge in [-0.25, -0.2) is 13.1 Å². The zero-order valence-electron chi connectivity index (χ0n) is 15.1. The van der Waals surface area contributed by atoms with Gasteiger partial charge in [-0.15, -0.1) is 11.3 Å². The van der Waals surface area contributed by atoms with E-state index < -0.39 is 10.0 Å².